The first kappa shape index (κ1) is 14.9. The number of nitrogens with one attached hydrogen (secondary N) is 1. The molecular weight excluding hydrogens is 275 g/mol. The van der Waals surface area contributed by atoms with Gasteiger partial charge in [-0.25, -0.2) is 4.39 Å². The second-order valence-electron chi connectivity index (χ2n) is 4.61. The van der Waals surface area contributed by atoms with Crippen LogP contribution in [0.3, 0.4) is 0 Å². The normalized spacial score (nSPS) is 10.4. The zero-order valence-corrected chi connectivity index (χ0v) is 11.7. The van der Waals surface area contributed by atoms with Gasteiger partial charge in [-0.2, -0.15) is 0 Å². The molecule has 0 aliphatic rings. The second-order valence-corrected chi connectivity index (χ2v) is 4.61. The molecule has 0 amide bonds. The summed E-state index contributed by atoms with van der Waals surface area (Å²) in [5.74, 6) is -0.305. The fourth-order valence-electron chi connectivity index (χ4n) is 1.97. The van der Waals surface area contributed by atoms with Crippen molar-refractivity contribution >= 4 is 5.69 Å². The van der Waals surface area contributed by atoms with Crippen LogP contribution in [-0.4, -0.2) is 12.0 Å². The molecule has 0 aromatic heterocycles. The van der Waals surface area contributed by atoms with Crippen LogP contribution in [0.4, 0.5) is 10.1 Å². The number of hydrogen-bond donors (Lipinski definition) is 1. The number of aryl methyl sites for hydroxylation is 1. The van der Waals surface area contributed by atoms with Crippen LogP contribution >= 0.6 is 0 Å². The molecule has 2 rings (SSSR count). The average Bonchev–Trinajstić information content (AvgIpc) is 2.43. The van der Waals surface area contributed by atoms with Gasteiger partial charge in [-0.15, -0.1) is 0 Å². The smallest absolute Gasteiger partial charge is 0.275 e. The number of halogens is 1. The number of rotatable bonds is 5. The molecule has 0 spiro atoms. The lowest BCUT2D eigenvalue weighted by molar-refractivity contribution is -0.385. The highest BCUT2D eigenvalue weighted by Crippen LogP contribution is 2.30. The number of benzene rings is 2. The summed E-state index contributed by atoms with van der Waals surface area (Å²) in [6, 6.07) is 9.42. The molecule has 0 radical (unpaired) electrons. The molecule has 2 aromatic carbocycles. The molecule has 6 heteroatoms. The summed E-state index contributed by atoms with van der Waals surface area (Å²) in [4.78, 5) is 10.1. The number of nitrogens with zero attached hydrogens (tertiary/aromatic N) is 1. The Morgan fingerprint density at radius 2 is 2.10 bits per heavy atom. The lowest BCUT2D eigenvalue weighted by Crippen LogP contribution is -2.04. The van der Waals surface area contributed by atoms with Gasteiger partial charge in [0.2, 0.25) is 0 Å². The monoisotopic (exact) mass is 290 g/mol. The molecule has 0 fully saturated rings. The summed E-state index contributed by atoms with van der Waals surface area (Å²) >= 11 is 0. The number of nitro benzene ring substituents is 1. The fraction of sp³-hybridized carbons (Fsp3) is 0.200. The van der Waals surface area contributed by atoms with Crippen molar-refractivity contribution in [3.8, 4) is 11.5 Å². The maximum absolute atomic E-state index is 13.9. The minimum Gasteiger partial charge on any atom is -0.454 e. The van der Waals surface area contributed by atoms with Gasteiger partial charge >= 0.3 is 0 Å². The Balaban J connectivity index is 2.29. The zero-order chi connectivity index (χ0) is 15.4. The summed E-state index contributed by atoms with van der Waals surface area (Å²) < 4.78 is 19.4. The minimum atomic E-state index is -0.758. The van der Waals surface area contributed by atoms with E-state index in [4.69, 9.17) is 4.74 Å². The van der Waals surface area contributed by atoms with Gasteiger partial charge in [-0.1, -0.05) is 12.1 Å². The van der Waals surface area contributed by atoms with Crippen molar-refractivity contribution in [2.75, 3.05) is 7.05 Å². The van der Waals surface area contributed by atoms with Crippen LogP contribution in [0.2, 0.25) is 0 Å². The van der Waals surface area contributed by atoms with Crippen LogP contribution in [0.15, 0.2) is 36.4 Å². The third-order valence-corrected chi connectivity index (χ3v) is 2.95. The molecule has 21 heavy (non-hydrogen) atoms. The Morgan fingerprint density at radius 3 is 2.76 bits per heavy atom. The van der Waals surface area contributed by atoms with Gasteiger partial charge in [0.15, 0.2) is 11.6 Å². The Morgan fingerprint density at radius 1 is 1.33 bits per heavy atom. The first-order chi connectivity index (χ1) is 10.0. The molecule has 0 unspecified atom stereocenters. The largest absolute Gasteiger partial charge is 0.454 e. The molecule has 5 nitrogen and oxygen atoms in total. The molecule has 0 saturated carbocycles. The van der Waals surface area contributed by atoms with Crippen LogP contribution in [-0.2, 0) is 6.54 Å². The van der Waals surface area contributed by atoms with E-state index in [1.54, 1.807) is 25.1 Å². The van der Waals surface area contributed by atoms with Crippen molar-refractivity contribution in [2.45, 2.75) is 13.5 Å². The Labute approximate surface area is 121 Å². The Hall–Kier alpha value is -2.47. The van der Waals surface area contributed by atoms with Crippen molar-refractivity contribution in [2.24, 2.45) is 0 Å². The van der Waals surface area contributed by atoms with Gasteiger partial charge in [0.25, 0.3) is 5.69 Å². The van der Waals surface area contributed by atoms with Gasteiger partial charge in [0, 0.05) is 12.1 Å². The zero-order valence-electron chi connectivity index (χ0n) is 11.7. The van der Waals surface area contributed by atoms with Gasteiger partial charge in [-0.05, 0) is 37.7 Å². The quantitative estimate of drug-likeness (QED) is 0.675. The second kappa shape index (κ2) is 6.32. The van der Waals surface area contributed by atoms with Gasteiger partial charge in [-0.3, -0.25) is 10.1 Å². The molecular formula is C15H15FN2O3. The summed E-state index contributed by atoms with van der Waals surface area (Å²) in [6.45, 7) is 2.21. The van der Waals surface area contributed by atoms with Crippen molar-refractivity contribution < 1.29 is 14.1 Å². The van der Waals surface area contributed by atoms with Crippen LogP contribution in [0.25, 0.3) is 0 Å². The van der Waals surface area contributed by atoms with Gasteiger partial charge in [0.1, 0.15) is 5.75 Å². The van der Waals surface area contributed by atoms with Gasteiger partial charge < -0.3 is 10.1 Å². The standard InChI is InChI=1S/C15H15FN2O3/c1-10-6-15(13(16)8-14(10)18(19)20)21-12-5-3-4-11(7-12)9-17-2/h3-8,17H,9H2,1-2H3. The van der Waals surface area contributed by atoms with E-state index in [9.17, 15) is 14.5 Å². The third-order valence-electron chi connectivity index (χ3n) is 2.95. The molecule has 1 N–H and O–H groups in total. The lowest BCUT2D eigenvalue weighted by Gasteiger charge is -2.09. The van der Waals surface area contributed by atoms with E-state index in [0.29, 0.717) is 17.9 Å². The molecule has 0 aliphatic carbocycles. The first-order valence-corrected chi connectivity index (χ1v) is 6.37. The van der Waals surface area contributed by atoms with E-state index in [1.807, 2.05) is 13.1 Å². The van der Waals surface area contributed by atoms with Crippen molar-refractivity contribution in [3.63, 3.8) is 0 Å². The molecule has 0 aliphatic heterocycles. The maximum atomic E-state index is 13.9. The third kappa shape index (κ3) is 3.55. The van der Waals surface area contributed by atoms with E-state index >= 15 is 0 Å². The van der Waals surface area contributed by atoms with Crippen LogP contribution < -0.4 is 10.1 Å². The molecule has 0 heterocycles. The predicted molar refractivity (Wildman–Crippen MR) is 77.1 cm³/mol. The first-order valence-electron chi connectivity index (χ1n) is 6.37. The average molecular weight is 290 g/mol. The van der Waals surface area contributed by atoms with Crippen molar-refractivity contribution in [3.05, 3.63) is 63.5 Å². The van der Waals surface area contributed by atoms with E-state index in [-0.39, 0.29) is 11.4 Å². The Bertz CT molecular complexity index is 674. The number of ether oxygens (including phenoxy) is 1. The van der Waals surface area contributed by atoms with E-state index in [2.05, 4.69) is 5.32 Å². The highest BCUT2D eigenvalue weighted by molar-refractivity contribution is 5.46. The fourth-order valence-corrected chi connectivity index (χ4v) is 1.97. The predicted octanol–water partition coefficient (Wildman–Crippen LogP) is 3.55. The number of hydrogen-bond acceptors (Lipinski definition) is 4. The summed E-state index contributed by atoms with van der Waals surface area (Å²) in [6.07, 6.45) is 0. The summed E-state index contributed by atoms with van der Waals surface area (Å²) in [5, 5.41) is 13.8. The highest BCUT2D eigenvalue weighted by Gasteiger charge is 2.16. The van der Waals surface area contributed by atoms with Crippen LogP contribution in [0.1, 0.15) is 11.1 Å². The Kier molecular flexibility index (Phi) is 4.49. The lowest BCUT2D eigenvalue weighted by atomic mass is 10.2. The molecule has 2 aromatic rings. The van der Waals surface area contributed by atoms with E-state index < -0.39 is 10.7 Å². The minimum absolute atomic E-state index is 0.0280. The van der Waals surface area contributed by atoms with Crippen molar-refractivity contribution in [1.82, 2.24) is 5.32 Å². The summed E-state index contributed by atoms with van der Waals surface area (Å²) in [5.41, 5.74) is 1.08. The highest BCUT2D eigenvalue weighted by atomic mass is 19.1. The maximum Gasteiger partial charge on any atom is 0.275 e. The van der Waals surface area contributed by atoms with Crippen molar-refractivity contribution in [1.29, 1.82) is 0 Å². The SMILES string of the molecule is CNCc1cccc(Oc2cc(C)c([N+](=O)[O-])cc2F)c1. The topological polar surface area (TPSA) is 64.4 Å². The van der Waals surface area contributed by atoms with E-state index in [0.717, 1.165) is 11.6 Å². The summed E-state index contributed by atoms with van der Waals surface area (Å²) in [7, 11) is 1.83. The molecule has 0 bridgehead atoms. The molecule has 0 atom stereocenters. The molecule has 110 valence electrons. The van der Waals surface area contributed by atoms with E-state index in [1.165, 1.54) is 6.07 Å². The molecule has 0 saturated heterocycles. The number of nitro groups is 1. The van der Waals surface area contributed by atoms with Gasteiger partial charge in [0.05, 0.1) is 11.0 Å². The van der Waals surface area contributed by atoms with Crippen LogP contribution in [0.5, 0.6) is 11.5 Å². The van der Waals surface area contributed by atoms with Crippen LogP contribution in [0, 0.1) is 22.9 Å².